The second kappa shape index (κ2) is 11.0. The Morgan fingerprint density at radius 2 is 1.73 bits per heavy atom. The SMILES string of the molecule is Cc1ccc(CCCCCC(C)(C)C(=O)O)c(C)c1CCCCCC1(OC=O)CC1. The van der Waals surface area contributed by atoms with Crippen LogP contribution in [0.5, 0.6) is 0 Å². The lowest BCUT2D eigenvalue weighted by molar-refractivity contribution is -0.147. The Kier molecular flexibility index (Phi) is 8.93. The first-order valence-corrected chi connectivity index (χ1v) is 11.6. The van der Waals surface area contributed by atoms with E-state index in [1.807, 2.05) is 13.8 Å². The van der Waals surface area contributed by atoms with E-state index in [0.29, 0.717) is 6.47 Å². The van der Waals surface area contributed by atoms with Crippen LogP contribution in [0.4, 0.5) is 0 Å². The number of ether oxygens (including phenoxy) is 1. The summed E-state index contributed by atoms with van der Waals surface area (Å²) >= 11 is 0. The molecule has 30 heavy (non-hydrogen) atoms. The van der Waals surface area contributed by atoms with E-state index >= 15 is 0 Å². The first-order chi connectivity index (χ1) is 14.2. The quantitative estimate of drug-likeness (QED) is 0.268. The highest BCUT2D eigenvalue weighted by Gasteiger charge is 2.44. The molecule has 0 aliphatic heterocycles. The van der Waals surface area contributed by atoms with Crippen molar-refractivity contribution in [3.05, 3.63) is 34.4 Å². The maximum Gasteiger partial charge on any atom is 0.309 e. The smallest absolute Gasteiger partial charge is 0.309 e. The van der Waals surface area contributed by atoms with Crippen molar-refractivity contribution in [2.45, 2.75) is 110 Å². The highest BCUT2D eigenvalue weighted by molar-refractivity contribution is 5.73. The molecule has 0 amide bonds. The number of carbonyl (C=O) groups is 2. The van der Waals surface area contributed by atoms with E-state index in [0.717, 1.165) is 64.2 Å². The van der Waals surface area contributed by atoms with Gasteiger partial charge in [0.05, 0.1) is 5.41 Å². The number of carboxylic acid groups (broad SMARTS) is 1. The van der Waals surface area contributed by atoms with Crippen molar-refractivity contribution in [2.24, 2.45) is 5.41 Å². The molecule has 0 aromatic heterocycles. The number of benzene rings is 1. The summed E-state index contributed by atoms with van der Waals surface area (Å²) in [5, 5.41) is 9.22. The Morgan fingerprint density at radius 1 is 1.07 bits per heavy atom. The molecular weight excluding hydrogens is 376 g/mol. The molecule has 4 nitrogen and oxygen atoms in total. The molecule has 0 spiro atoms. The van der Waals surface area contributed by atoms with Gasteiger partial charge in [-0.15, -0.1) is 0 Å². The first kappa shape index (κ1) is 24.4. The average molecular weight is 417 g/mol. The lowest BCUT2D eigenvalue weighted by atomic mass is 9.86. The van der Waals surface area contributed by atoms with Crippen molar-refractivity contribution >= 4 is 12.4 Å². The molecule has 4 heteroatoms. The van der Waals surface area contributed by atoms with Crippen molar-refractivity contribution in [1.82, 2.24) is 0 Å². The summed E-state index contributed by atoms with van der Waals surface area (Å²) in [5.41, 5.74) is 5.00. The normalized spacial score (nSPS) is 15.1. The highest BCUT2D eigenvalue weighted by Crippen LogP contribution is 2.43. The fourth-order valence-electron chi connectivity index (χ4n) is 4.36. The Labute approximate surface area is 182 Å². The zero-order chi connectivity index (χ0) is 22.2. The average Bonchev–Trinajstić information content (AvgIpc) is 3.45. The molecule has 1 aromatic rings. The van der Waals surface area contributed by atoms with E-state index in [2.05, 4.69) is 26.0 Å². The van der Waals surface area contributed by atoms with Crippen molar-refractivity contribution in [2.75, 3.05) is 0 Å². The van der Waals surface area contributed by atoms with Gasteiger partial charge in [-0.2, -0.15) is 0 Å². The van der Waals surface area contributed by atoms with Crippen molar-refractivity contribution in [1.29, 1.82) is 0 Å². The van der Waals surface area contributed by atoms with E-state index in [-0.39, 0.29) is 5.60 Å². The van der Waals surface area contributed by atoms with Gasteiger partial charge in [0.25, 0.3) is 6.47 Å². The van der Waals surface area contributed by atoms with Gasteiger partial charge in [-0.1, -0.05) is 31.4 Å². The molecule has 0 saturated heterocycles. The minimum Gasteiger partial charge on any atom is -0.481 e. The first-order valence-electron chi connectivity index (χ1n) is 11.6. The molecule has 1 fully saturated rings. The number of unbranched alkanes of at least 4 members (excludes halogenated alkanes) is 4. The number of hydrogen-bond acceptors (Lipinski definition) is 3. The topological polar surface area (TPSA) is 63.6 Å². The zero-order valence-corrected chi connectivity index (χ0v) is 19.4. The van der Waals surface area contributed by atoms with E-state index in [1.54, 1.807) is 0 Å². The molecule has 2 rings (SSSR count). The predicted octanol–water partition coefficient (Wildman–Crippen LogP) is 6.33. The zero-order valence-electron chi connectivity index (χ0n) is 19.4. The van der Waals surface area contributed by atoms with Crippen LogP contribution in [0.3, 0.4) is 0 Å². The van der Waals surface area contributed by atoms with Gasteiger partial charge in [-0.25, -0.2) is 0 Å². The second-order valence-corrected chi connectivity index (χ2v) is 9.85. The third kappa shape index (κ3) is 7.14. The van der Waals surface area contributed by atoms with Gasteiger partial charge in [-0.3, -0.25) is 9.59 Å². The molecule has 1 aliphatic carbocycles. The van der Waals surface area contributed by atoms with Gasteiger partial charge in [-0.05, 0) is 108 Å². The maximum absolute atomic E-state index is 11.2. The number of carbonyl (C=O) groups excluding carboxylic acids is 1. The highest BCUT2D eigenvalue weighted by atomic mass is 16.5. The minimum atomic E-state index is -0.704. The Morgan fingerprint density at radius 3 is 2.37 bits per heavy atom. The van der Waals surface area contributed by atoms with Crippen LogP contribution in [-0.2, 0) is 27.2 Å². The molecule has 1 aromatic carbocycles. The molecule has 0 atom stereocenters. The van der Waals surface area contributed by atoms with Crippen molar-refractivity contribution in [3.8, 4) is 0 Å². The molecule has 0 bridgehead atoms. The minimum absolute atomic E-state index is 0.118. The van der Waals surface area contributed by atoms with Crippen molar-refractivity contribution < 1.29 is 19.4 Å². The van der Waals surface area contributed by atoms with Crippen molar-refractivity contribution in [3.63, 3.8) is 0 Å². The summed E-state index contributed by atoms with van der Waals surface area (Å²) in [4.78, 5) is 21.8. The standard InChI is InChI=1S/C26H40O4/c1-20-13-14-22(11-7-5-9-15-25(3,4)24(28)29)21(2)23(20)12-8-6-10-16-26(17-18-26)30-19-27/h13-14,19H,5-12,15-18H2,1-4H3,(H,28,29). The third-order valence-electron chi connectivity index (χ3n) is 6.94. The lowest BCUT2D eigenvalue weighted by Gasteiger charge is -2.18. The van der Waals surface area contributed by atoms with Gasteiger partial charge in [0.1, 0.15) is 5.60 Å². The second-order valence-electron chi connectivity index (χ2n) is 9.85. The van der Waals surface area contributed by atoms with Crippen LogP contribution in [0, 0.1) is 19.3 Å². The van der Waals surface area contributed by atoms with E-state index in [1.165, 1.54) is 35.1 Å². The Balaban J connectivity index is 1.74. The predicted molar refractivity (Wildman–Crippen MR) is 121 cm³/mol. The molecule has 168 valence electrons. The Bertz CT molecular complexity index is 716. The van der Waals surface area contributed by atoms with Gasteiger partial charge in [0.15, 0.2) is 0 Å². The summed E-state index contributed by atoms with van der Waals surface area (Å²) in [6.07, 6.45) is 12.6. The molecular formula is C26H40O4. The molecule has 1 aliphatic rings. The van der Waals surface area contributed by atoms with E-state index in [4.69, 9.17) is 4.74 Å². The maximum atomic E-state index is 11.2. The summed E-state index contributed by atoms with van der Waals surface area (Å²) in [5.74, 6) is -0.704. The number of aliphatic carboxylic acids is 1. The molecule has 0 radical (unpaired) electrons. The van der Waals surface area contributed by atoms with Crippen LogP contribution in [0.25, 0.3) is 0 Å². The fourth-order valence-corrected chi connectivity index (χ4v) is 4.36. The number of aryl methyl sites for hydroxylation is 2. The summed E-state index contributed by atoms with van der Waals surface area (Å²) < 4.78 is 5.23. The number of carboxylic acids is 1. The van der Waals surface area contributed by atoms with Gasteiger partial charge in [0, 0.05) is 0 Å². The van der Waals surface area contributed by atoms with Crippen LogP contribution >= 0.6 is 0 Å². The van der Waals surface area contributed by atoms with Crippen LogP contribution in [0.15, 0.2) is 12.1 Å². The fraction of sp³-hybridized carbons (Fsp3) is 0.692. The van der Waals surface area contributed by atoms with Crippen LogP contribution < -0.4 is 0 Å². The summed E-state index contributed by atoms with van der Waals surface area (Å²) in [6, 6.07) is 4.52. The van der Waals surface area contributed by atoms with Gasteiger partial charge in [0.2, 0.25) is 0 Å². The monoisotopic (exact) mass is 416 g/mol. The molecule has 1 saturated carbocycles. The van der Waals surface area contributed by atoms with Crippen LogP contribution in [0.1, 0.15) is 100 Å². The molecule has 1 N–H and O–H groups in total. The third-order valence-corrected chi connectivity index (χ3v) is 6.94. The van der Waals surface area contributed by atoms with E-state index < -0.39 is 11.4 Å². The van der Waals surface area contributed by atoms with Gasteiger partial charge < -0.3 is 9.84 Å². The van der Waals surface area contributed by atoms with Crippen LogP contribution in [-0.4, -0.2) is 23.1 Å². The Hall–Kier alpha value is -1.84. The van der Waals surface area contributed by atoms with Crippen LogP contribution in [0.2, 0.25) is 0 Å². The summed E-state index contributed by atoms with van der Waals surface area (Å²) in [7, 11) is 0. The number of hydrogen-bond donors (Lipinski definition) is 1. The molecule has 0 heterocycles. The summed E-state index contributed by atoms with van der Waals surface area (Å²) in [6.45, 7) is 8.69. The van der Waals surface area contributed by atoms with E-state index in [9.17, 15) is 14.7 Å². The lowest BCUT2D eigenvalue weighted by Crippen LogP contribution is -2.23. The molecule has 0 unspecified atom stereocenters. The van der Waals surface area contributed by atoms with Gasteiger partial charge >= 0.3 is 5.97 Å². The largest absolute Gasteiger partial charge is 0.481 e. The number of rotatable bonds is 15.